The Morgan fingerprint density at radius 2 is 1.80 bits per heavy atom. The van der Waals surface area contributed by atoms with E-state index >= 15 is 0 Å². The van der Waals surface area contributed by atoms with E-state index in [1.54, 1.807) is 18.3 Å². The minimum absolute atomic E-state index is 0.0215. The molecule has 10 heteroatoms. The number of amides is 1. The first-order valence-electron chi connectivity index (χ1n) is 14.5. The third kappa shape index (κ3) is 6.90. The molecular weight excluding hydrogens is 566 g/mol. The zero-order valence-corrected chi connectivity index (χ0v) is 24.9. The topological polar surface area (TPSA) is 108 Å². The van der Waals surface area contributed by atoms with Crippen LogP contribution in [0.4, 0.5) is 19.3 Å². The first kappa shape index (κ1) is 30.7. The molecular formula is C34H34F2N4O4. The van der Waals surface area contributed by atoms with Crippen molar-refractivity contribution in [2.24, 2.45) is 0 Å². The van der Waals surface area contributed by atoms with Gasteiger partial charge >= 0.3 is 6.09 Å². The van der Waals surface area contributed by atoms with E-state index in [0.29, 0.717) is 59.5 Å². The molecule has 1 aliphatic heterocycles. The molecule has 1 aromatic heterocycles. The predicted molar refractivity (Wildman–Crippen MR) is 164 cm³/mol. The lowest BCUT2D eigenvalue weighted by molar-refractivity contribution is 0.0497. The van der Waals surface area contributed by atoms with Crippen LogP contribution >= 0.6 is 0 Å². The Morgan fingerprint density at radius 1 is 1.07 bits per heavy atom. The average molecular weight is 601 g/mol. The van der Waals surface area contributed by atoms with Gasteiger partial charge in [0.1, 0.15) is 35.7 Å². The number of carbonyl (C=O) groups is 1. The fourth-order valence-corrected chi connectivity index (χ4v) is 5.48. The smallest absolute Gasteiger partial charge is 0.407 e. The second kappa shape index (κ2) is 12.9. The van der Waals surface area contributed by atoms with Gasteiger partial charge < -0.3 is 24.8 Å². The molecule has 44 heavy (non-hydrogen) atoms. The molecule has 3 aromatic carbocycles. The van der Waals surface area contributed by atoms with Crippen LogP contribution in [-0.2, 0) is 4.74 Å². The summed E-state index contributed by atoms with van der Waals surface area (Å²) in [6.45, 7) is 6.37. The summed E-state index contributed by atoms with van der Waals surface area (Å²) in [5.41, 5.74) is 3.47. The highest BCUT2D eigenvalue weighted by atomic mass is 19.1. The summed E-state index contributed by atoms with van der Waals surface area (Å²) in [6.07, 6.45) is 2.42. The van der Waals surface area contributed by atoms with Gasteiger partial charge in [-0.2, -0.15) is 5.26 Å². The molecule has 0 radical (unpaired) electrons. The first-order valence-corrected chi connectivity index (χ1v) is 14.5. The van der Waals surface area contributed by atoms with Crippen molar-refractivity contribution in [1.82, 2.24) is 10.3 Å². The number of aromatic nitrogens is 1. The summed E-state index contributed by atoms with van der Waals surface area (Å²) in [7, 11) is 0. The number of nitriles is 1. The number of hydrogen-bond acceptors (Lipinski definition) is 7. The fourth-order valence-electron chi connectivity index (χ4n) is 5.48. The molecule has 1 aliphatic rings. The summed E-state index contributed by atoms with van der Waals surface area (Å²) in [6, 6.07) is 16.4. The van der Waals surface area contributed by atoms with Crippen LogP contribution in [0, 0.1) is 23.0 Å². The zero-order chi connectivity index (χ0) is 31.4. The highest BCUT2D eigenvalue weighted by Crippen LogP contribution is 2.41. The summed E-state index contributed by atoms with van der Waals surface area (Å²) < 4.78 is 40.0. The monoisotopic (exact) mass is 600 g/mol. The van der Waals surface area contributed by atoms with Gasteiger partial charge in [0.25, 0.3) is 0 Å². The van der Waals surface area contributed by atoms with Crippen molar-refractivity contribution in [2.75, 3.05) is 31.2 Å². The molecule has 4 aromatic rings. The molecule has 0 atom stereocenters. The van der Waals surface area contributed by atoms with Crippen LogP contribution in [-0.4, -0.2) is 54.1 Å². The zero-order valence-electron chi connectivity index (χ0n) is 24.9. The van der Waals surface area contributed by atoms with Crippen LogP contribution in [0.5, 0.6) is 5.75 Å². The van der Waals surface area contributed by atoms with Gasteiger partial charge in [-0.15, -0.1) is 0 Å². The van der Waals surface area contributed by atoms with Gasteiger partial charge in [0.2, 0.25) is 0 Å². The van der Waals surface area contributed by atoms with Gasteiger partial charge in [-0.05, 0) is 75.1 Å². The lowest BCUT2D eigenvalue weighted by Gasteiger charge is -2.36. The molecule has 2 N–H and O–H groups in total. The molecule has 228 valence electrons. The number of aliphatic hydroxyl groups is 1. The van der Waals surface area contributed by atoms with Crippen molar-refractivity contribution < 1.29 is 28.2 Å². The second-order valence-corrected chi connectivity index (χ2v) is 11.7. The molecule has 1 amide bonds. The number of carbonyl (C=O) groups excluding carboxylic acids is 1. The third-order valence-corrected chi connectivity index (χ3v) is 7.33. The van der Waals surface area contributed by atoms with Gasteiger partial charge in [0, 0.05) is 47.9 Å². The van der Waals surface area contributed by atoms with Gasteiger partial charge in [-0.3, -0.25) is 4.98 Å². The first-order chi connectivity index (χ1) is 21.1. The molecule has 2 heterocycles. The van der Waals surface area contributed by atoms with E-state index in [2.05, 4.69) is 21.3 Å². The number of ether oxygens (including phenoxy) is 2. The highest BCUT2D eigenvalue weighted by molar-refractivity contribution is 6.02. The molecule has 8 nitrogen and oxygen atoms in total. The maximum atomic E-state index is 14.4. The standard InChI is InChI=1S/C34H34F2N4O4/c1-34(2,3)44-33(42)39-26-9-11-40(12-10-26)31-28-17-21(27-6-4-5-22(19-37)32(27)43-14-13-41)7-8-30(28)38-20-29(31)23-15-24(35)18-25(36)16-23/h4-8,15-18,20,26,41H,9-14H2,1-3H3,(H,39,42). The second-order valence-electron chi connectivity index (χ2n) is 11.7. The van der Waals surface area contributed by atoms with E-state index in [9.17, 15) is 23.9 Å². The van der Waals surface area contributed by atoms with Gasteiger partial charge in [-0.1, -0.05) is 18.2 Å². The number of benzene rings is 3. The number of nitrogens with zero attached hydrogens (tertiary/aromatic N) is 3. The number of halogens is 2. The van der Waals surface area contributed by atoms with Crippen molar-refractivity contribution in [3.63, 3.8) is 0 Å². The number of anilines is 1. The van der Waals surface area contributed by atoms with Crippen molar-refractivity contribution in [3.05, 3.63) is 78.0 Å². The largest absolute Gasteiger partial charge is 0.489 e. The fraction of sp³-hybridized carbons (Fsp3) is 0.324. The van der Waals surface area contributed by atoms with Crippen molar-refractivity contribution in [2.45, 2.75) is 45.3 Å². The molecule has 0 aliphatic carbocycles. The van der Waals surface area contributed by atoms with Crippen LogP contribution in [0.25, 0.3) is 33.2 Å². The van der Waals surface area contributed by atoms with E-state index in [0.717, 1.165) is 22.7 Å². The molecule has 1 fully saturated rings. The number of pyridine rings is 1. The van der Waals surface area contributed by atoms with Crippen molar-refractivity contribution >= 4 is 22.7 Å². The molecule has 0 saturated carbocycles. The van der Waals surface area contributed by atoms with Crippen LogP contribution in [0.2, 0.25) is 0 Å². The normalized spacial score (nSPS) is 13.9. The number of piperidine rings is 1. The Labute approximate surface area is 254 Å². The maximum Gasteiger partial charge on any atom is 0.407 e. The number of aliphatic hydroxyl groups excluding tert-OH is 1. The van der Waals surface area contributed by atoms with E-state index < -0.39 is 23.3 Å². The van der Waals surface area contributed by atoms with E-state index in [1.807, 2.05) is 45.0 Å². The number of nitrogens with one attached hydrogen (secondary N) is 1. The lowest BCUT2D eigenvalue weighted by atomic mass is 9.95. The van der Waals surface area contributed by atoms with E-state index in [1.165, 1.54) is 12.1 Å². The Bertz CT molecular complexity index is 1700. The Kier molecular flexibility index (Phi) is 8.97. The van der Waals surface area contributed by atoms with Gasteiger partial charge in [0.15, 0.2) is 0 Å². The Balaban J connectivity index is 1.59. The molecule has 0 unspecified atom stereocenters. The quantitative estimate of drug-likeness (QED) is 0.247. The molecule has 1 saturated heterocycles. The maximum absolute atomic E-state index is 14.4. The number of rotatable bonds is 7. The van der Waals surface area contributed by atoms with Gasteiger partial charge in [-0.25, -0.2) is 13.6 Å². The third-order valence-electron chi connectivity index (χ3n) is 7.33. The molecule has 5 rings (SSSR count). The van der Waals surface area contributed by atoms with Crippen LogP contribution in [0.1, 0.15) is 39.2 Å². The number of fused-ring (bicyclic) bond motifs is 1. The number of alkyl carbamates (subject to hydrolysis) is 1. The predicted octanol–water partition coefficient (Wildman–Crippen LogP) is 6.58. The van der Waals surface area contributed by atoms with Crippen LogP contribution in [0.15, 0.2) is 60.8 Å². The van der Waals surface area contributed by atoms with Crippen molar-refractivity contribution in [1.29, 1.82) is 5.26 Å². The SMILES string of the molecule is CC(C)(C)OC(=O)NC1CCN(c2c(-c3cc(F)cc(F)c3)cnc3ccc(-c4cccc(C#N)c4OCCO)cc23)CC1. The average Bonchev–Trinajstić information content (AvgIpc) is 2.98. The summed E-state index contributed by atoms with van der Waals surface area (Å²) in [5, 5.41) is 22.8. The highest BCUT2D eigenvalue weighted by Gasteiger charge is 2.27. The minimum atomic E-state index is -0.695. The van der Waals surface area contributed by atoms with Crippen LogP contribution in [0.3, 0.4) is 0 Å². The Morgan fingerprint density at radius 3 is 2.45 bits per heavy atom. The van der Waals surface area contributed by atoms with Crippen LogP contribution < -0.4 is 15.0 Å². The van der Waals surface area contributed by atoms with E-state index in [4.69, 9.17) is 9.47 Å². The lowest BCUT2D eigenvalue weighted by Crippen LogP contribution is -2.46. The number of hydrogen-bond donors (Lipinski definition) is 2. The summed E-state index contributed by atoms with van der Waals surface area (Å²) in [5.74, 6) is -1.03. The summed E-state index contributed by atoms with van der Waals surface area (Å²) >= 11 is 0. The molecule has 0 bridgehead atoms. The Hall–Kier alpha value is -4.75. The van der Waals surface area contributed by atoms with Gasteiger partial charge in [0.05, 0.1) is 23.4 Å². The minimum Gasteiger partial charge on any atom is -0.489 e. The summed E-state index contributed by atoms with van der Waals surface area (Å²) in [4.78, 5) is 19.2. The molecule has 0 spiro atoms. The van der Waals surface area contributed by atoms with E-state index in [-0.39, 0.29) is 19.3 Å². The number of para-hydroxylation sites is 1. The van der Waals surface area contributed by atoms with Crippen molar-refractivity contribution in [3.8, 4) is 34.1 Å².